The van der Waals surface area contributed by atoms with Gasteiger partial charge in [0.1, 0.15) is 29.6 Å². The van der Waals surface area contributed by atoms with Crippen LogP contribution in [0.1, 0.15) is 36.7 Å². The van der Waals surface area contributed by atoms with E-state index in [0.717, 1.165) is 0 Å². The lowest BCUT2D eigenvalue weighted by molar-refractivity contribution is 0.0986. The fraction of sp³-hybridized carbons (Fsp3) is 0.238. The molecule has 10 heteroatoms. The van der Waals surface area contributed by atoms with Crippen LogP contribution in [-0.2, 0) is 4.84 Å². The molecule has 1 N–H and O–H groups in total. The Kier molecular flexibility index (Phi) is 6.81. The number of rotatable bonds is 6. The van der Waals surface area contributed by atoms with E-state index in [2.05, 4.69) is 20.2 Å². The van der Waals surface area contributed by atoms with Gasteiger partial charge in [0, 0.05) is 29.1 Å². The molecule has 4 rings (SSSR count). The molecular weight excluding hydrogens is 424 g/mol. The molecular formula is C21H21F2N5O2S. The maximum absolute atomic E-state index is 15.2. The normalized spacial score (nSPS) is 12.7. The van der Waals surface area contributed by atoms with Gasteiger partial charge in [0.15, 0.2) is 5.65 Å². The SMILES string of the molecule is C/C(=N\OCCO)c1ccc2ncc([C@@H](C)c3c(F)cc4ncccc4c3F)n2n1.S. The minimum Gasteiger partial charge on any atom is -0.393 e. The lowest BCUT2D eigenvalue weighted by Gasteiger charge is -2.15. The van der Waals surface area contributed by atoms with Crippen molar-refractivity contribution in [3.63, 3.8) is 0 Å². The minimum atomic E-state index is -0.674. The minimum absolute atomic E-state index is 0. The van der Waals surface area contributed by atoms with E-state index in [4.69, 9.17) is 9.94 Å². The molecule has 0 amide bonds. The van der Waals surface area contributed by atoms with Crippen LogP contribution in [-0.4, -0.2) is 43.6 Å². The fourth-order valence-corrected chi connectivity index (χ4v) is 3.32. The Morgan fingerprint density at radius 3 is 2.84 bits per heavy atom. The van der Waals surface area contributed by atoms with Gasteiger partial charge < -0.3 is 9.94 Å². The van der Waals surface area contributed by atoms with E-state index in [1.807, 2.05) is 0 Å². The molecule has 0 unspecified atom stereocenters. The Bertz CT molecular complexity index is 1260. The molecule has 3 heterocycles. The average molecular weight is 445 g/mol. The summed E-state index contributed by atoms with van der Waals surface area (Å²) in [6.07, 6.45) is 3.05. The van der Waals surface area contributed by atoms with E-state index in [1.54, 1.807) is 44.3 Å². The monoisotopic (exact) mass is 445 g/mol. The zero-order valence-electron chi connectivity index (χ0n) is 16.9. The number of benzene rings is 1. The van der Waals surface area contributed by atoms with Crippen molar-refractivity contribution in [1.29, 1.82) is 0 Å². The number of aliphatic hydroxyl groups is 1. The van der Waals surface area contributed by atoms with Crippen molar-refractivity contribution in [3.05, 3.63) is 71.3 Å². The summed E-state index contributed by atoms with van der Waals surface area (Å²) in [5, 5.41) is 17.5. The summed E-state index contributed by atoms with van der Waals surface area (Å²) in [5.41, 5.74) is 2.25. The van der Waals surface area contributed by atoms with E-state index < -0.39 is 17.6 Å². The highest BCUT2D eigenvalue weighted by molar-refractivity contribution is 7.59. The summed E-state index contributed by atoms with van der Waals surface area (Å²) >= 11 is 0. The van der Waals surface area contributed by atoms with E-state index in [1.165, 1.54) is 16.8 Å². The van der Waals surface area contributed by atoms with Crippen molar-refractivity contribution in [3.8, 4) is 0 Å². The number of fused-ring (bicyclic) bond motifs is 2. The Morgan fingerprint density at radius 1 is 1.26 bits per heavy atom. The zero-order chi connectivity index (χ0) is 21.3. The largest absolute Gasteiger partial charge is 0.393 e. The first-order chi connectivity index (χ1) is 14.5. The first-order valence-corrected chi connectivity index (χ1v) is 9.36. The molecule has 31 heavy (non-hydrogen) atoms. The van der Waals surface area contributed by atoms with Crippen molar-refractivity contribution in [2.24, 2.45) is 5.16 Å². The lowest BCUT2D eigenvalue weighted by atomic mass is 9.95. The van der Waals surface area contributed by atoms with Crippen molar-refractivity contribution in [1.82, 2.24) is 19.6 Å². The lowest BCUT2D eigenvalue weighted by Crippen LogP contribution is -2.11. The molecule has 0 spiro atoms. The van der Waals surface area contributed by atoms with Gasteiger partial charge in [-0.15, -0.1) is 0 Å². The molecule has 162 valence electrons. The van der Waals surface area contributed by atoms with Crippen molar-refractivity contribution in [2.75, 3.05) is 13.2 Å². The van der Waals surface area contributed by atoms with Gasteiger partial charge in [0.2, 0.25) is 0 Å². The Labute approximate surface area is 183 Å². The van der Waals surface area contributed by atoms with Crippen molar-refractivity contribution in [2.45, 2.75) is 19.8 Å². The van der Waals surface area contributed by atoms with Crippen LogP contribution >= 0.6 is 13.5 Å². The van der Waals surface area contributed by atoms with Crippen LogP contribution in [0.25, 0.3) is 16.6 Å². The summed E-state index contributed by atoms with van der Waals surface area (Å²) < 4.78 is 31.5. The van der Waals surface area contributed by atoms with Gasteiger partial charge in [-0.2, -0.15) is 18.6 Å². The van der Waals surface area contributed by atoms with E-state index in [0.29, 0.717) is 22.7 Å². The second-order valence-corrected chi connectivity index (χ2v) is 6.78. The van der Waals surface area contributed by atoms with Crippen LogP contribution in [0.4, 0.5) is 8.78 Å². The zero-order valence-corrected chi connectivity index (χ0v) is 17.9. The summed E-state index contributed by atoms with van der Waals surface area (Å²) in [6, 6.07) is 7.88. The highest BCUT2D eigenvalue weighted by atomic mass is 32.1. The van der Waals surface area contributed by atoms with Crippen LogP contribution in [0.15, 0.2) is 47.9 Å². The topological polar surface area (TPSA) is 84.9 Å². The summed E-state index contributed by atoms with van der Waals surface area (Å²) in [7, 11) is 0. The molecule has 0 saturated heterocycles. The van der Waals surface area contributed by atoms with Gasteiger partial charge in [-0.05, 0) is 31.2 Å². The quantitative estimate of drug-likeness (QED) is 0.279. The van der Waals surface area contributed by atoms with Gasteiger partial charge in [0.05, 0.1) is 24.0 Å². The van der Waals surface area contributed by atoms with E-state index in [-0.39, 0.29) is 43.2 Å². The van der Waals surface area contributed by atoms with E-state index in [9.17, 15) is 4.39 Å². The molecule has 1 aromatic carbocycles. The molecule has 3 aromatic heterocycles. The summed E-state index contributed by atoms with van der Waals surface area (Å²) in [6.45, 7) is 3.33. The first kappa shape index (κ1) is 22.6. The Balaban J connectivity index is 0.00000272. The highest BCUT2D eigenvalue weighted by Crippen LogP contribution is 2.32. The second-order valence-electron chi connectivity index (χ2n) is 6.78. The smallest absolute Gasteiger partial charge is 0.153 e. The Morgan fingerprint density at radius 2 is 2.06 bits per heavy atom. The van der Waals surface area contributed by atoms with Crippen molar-refractivity contribution >= 4 is 35.8 Å². The van der Waals surface area contributed by atoms with Crippen LogP contribution in [0.2, 0.25) is 0 Å². The van der Waals surface area contributed by atoms with Crippen LogP contribution < -0.4 is 0 Å². The number of pyridine rings is 1. The van der Waals surface area contributed by atoms with Crippen LogP contribution in [0, 0.1) is 11.6 Å². The molecule has 1 atom stereocenters. The predicted octanol–water partition coefficient (Wildman–Crippen LogP) is 3.55. The third-order valence-electron chi connectivity index (χ3n) is 4.85. The maximum atomic E-state index is 15.2. The Hall–Kier alpha value is -3.11. The second kappa shape index (κ2) is 9.36. The van der Waals surface area contributed by atoms with E-state index >= 15 is 4.39 Å². The molecule has 7 nitrogen and oxygen atoms in total. The number of aromatic nitrogens is 4. The van der Waals surface area contributed by atoms with Gasteiger partial charge in [-0.3, -0.25) is 4.98 Å². The predicted molar refractivity (Wildman–Crippen MR) is 118 cm³/mol. The number of hydrogen-bond acceptors (Lipinski definition) is 6. The third kappa shape index (κ3) is 4.21. The van der Waals surface area contributed by atoms with Gasteiger partial charge in [0.25, 0.3) is 0 Å². The van der Waals surface area contributed by atoms with Crippen LogP contribution in [0.5, 0.6) is 0 Å². The number of hydrogen-bond donors (Lipinski definition) is 1. The van der Waals surface area contributed by atoms with Gasteiger partial charge >= 0.3 is 0 Å². The third-order valence-corrected chi connectivity index (χ3v) is 4.85. The molecule has 0 fully saturated rings. The molecule has 0 aliphatic carbocycles. The van der Waals surface area contributed by atoms with Crippen molar-refractivity contribution < 1.29 is 18.7 Å². The molecule has 0 radical (unpaired) electrons. The highest BCUT2D eigenvalue weighted by Gasteiger charge is 2.24. The van der Waals surface area contributed by atoms with Gasteiger partial charge in [-0.1, -0.05) is 12.1 Å². The summed E-state index contributed by atoms with van der Waals surface area (Å²) in [5.74, 6) is -1.98. The number of halogens is 2. The maximum Gasteiger partial charge on any atom is 0.153 e. The molecule has 4 aromatic rings. The number of aliphatic hydroxyl groups excluding tert-OH is 1. The molecule has 0 aliphatic rings. The number of imidazole rings is 1. The summed E-state index contributed by atoms with van der Waals surface area (Å²) in [4.78, 5) is 13.3. The number of nitrogens with zero attached hydrogens (tertiary/aromatic N) is 5. The molecule has 0 saturated carbocycles. The van der Waals surface area contributed by atoms with Crippen LogP contribution in [0.3, 0.4) is 0 Å². The fourth-order valence-electron chi connectivity index (χ4n) is 3.32. The standard InChI is InChI=1S/C21H19F2N5O2.H2S/c1-12(20-15(22)10-17-14(21(20)23)4-3-7-24-17)18-11-25-19-6-5-16(26-28(18)19)13(2)27-30-9-8-29;/h3-7,10-12,29H,8-9H2,1-2H3;1H2/b27-13+;/t12-;/m1./s1. The molecule has 0 bridgehead atoms. The van der Waals surface area contributed by atoms with Gasteiger partial charge in [-0.25, -0.2) is 18.3 Å². The molecule has 0 aliphatic heterocycles. The first-order valence-electron chi connectivity index (χ1n) is 9.36. The number of oxime groups is 1. The average Bonchev–Trinajstić information content (AvgIpc) is 3.17.